The molecule has 0 radical (unpaired) electrons. The zero-order valence-corrected chi connectivity index (χ0v) is 18.3. The van der Waals surface area contributed by atoms with Gasteiger partial charge in [-0.05, 0) is 54.3 Å². The lowest BCUT2D eigenvalue weighted by Crippen LogP contribution is -2.41. The van der Waals surface area contributed by atoms with E-state index in [4.69, 9.17) is 32.8 Å². The SMILES string of the molecule is CCC1CN(S(=O)(=O)Nc2cccc(Cl)c2)Cc2[nH]c3ccc(Cl)cc3c21.O=C=O. The van der Waals surface area contributed by atoms with Gasteiger partial charge in [0.25, 0.3) is 0 Å². The molecule has 158 valence electrons. The summed E-state index contributed by atoms with van der Waals surface area (Å²) in [4.78, 5) is 19.6. The number of halogens is 2. The number of aromatic nitrogens is 1. The minimum Gasteiger partial charge on any atom is -0.357 e. The van der Waals surface area contributed by atoms with Gasteiger partial charge in [-0.25, -0.2) is 0 Å². The average Bonchev–Trinajstić information content (AvgIpc) is 3.05. The van der Waals surface area contributed by atoms with Crippen LogP contribution < -0.4 is 4.72 Å². The maximum Gasteiger partial charge on any atom is 0.373 e. The molecule has 1 atom stereocenters. The first-order valence-corrected chi connectivity index (χ1v) is 11.3. The molecular weight excluding hydrogens is 449 g/mol. The Morgan fingerprint density at radius 1 is 1.17 bits per heavy atom. The monoisotopic (exact) mass is 467 g/mol. The fourth-order valence-corrected chi connectivity index (χ4v) is 5.28. The van der Waals surface area contributed by atoms with Gasteiger partial charge in [-0.15, -0.1) is 0 Å². The van der Waals surface area contributed by atoms with Crippen molar-refractivity contribution >= 4 is 56.2 Å². The first-order chi connectivity index (χ1) is 14.3. The molecule has 10 heteroatoms. The minimum absolute atomic E-state index is 0.0944. The van der Waals surface area contributed by atoms with Crippen molar-refractivity contribution in [2.75, 3.05) is 11.3 Å². The van der Waals surface area contributed by atoms with Gasteiger partial charge < -0.3 is 4.98 Å². The third kappa shape index (κ3) is 4.69. The molecule has 2 heterocycles. The molecule has 1 unspecified atom stereocenters. The summed E-state index contributed by atoms with van der Waals surface area (Å²) in [5.41, 5.74) is 3.51. The Morgan fingerprint density at radius 3 is 2.53 bits per heavy atom. The van der Waals surface area contributed by atoms with Crippen LogP contribution in [-0.2, 0) is 26.3 Å². The highest BCUT2D eigenvalue weighted by Gasteiger charge is 2.34. The third-order valence-electron chi connectivity index (χ3n) is 4.95. The molecular formula is C20H19Cl2N3O4S. The molecule has 0 spiro atoms. The summed E-state index contributed by atoms with van der Waals surface area (Å²) >= 11 is 12.1. The van der Waals surface area contributed by atoms with Crippen molar-refractivity contribution in [3.05, 3.63) is 63.8 Å². The molecule has 2 N–H and O–H groups in total. The number of hydrogen-bond donors (Lipinski definition) is 2. The largest absolute Gasteiger partial charge is 0.373 e. The second-order valence-corrected chi connectivity index (χ2v) is 9.35. The molecule has 1 aliphatic heterocycles. The molecule has 4 rings (SSSR count). The number of nitrogens with one attached hydrogen (secondary N) is 2. The summed E-state index contributed by atoms with van der Waals surface area (Å²) in [5.74, 6) is 0.0944. The van der Waals surface area contributed by atoms with Crippen LogP contribution in [0.1, 0.15) is 30.5 Å². The number of anilines is 1. The first-order valence-electron chi connectivity index (χ1n) is 9.11. The van der Waals surface area contributed by atoms with Crippen LogP contribution in [-0.4, -0.2) is 30.4 Å². The Hall–Kier alpha value is -2.35. The van der Waals surface area contributed by atoms with E-state index in [-0.39, 0.29) is 18.6 Å². The third-order valence-corrected chi connectivity index (χ3v) is 6.88. The van der Waals surface area contributed by atoms with E-state index in [2.05, 4.69) is 16.6 Å². The van der Waals surface area contributed by atoms with E-state index in [1.807, 2.05) is 18.2 Å². The molecule has 0 saturated heterocycles. The van der Waals surface area contributed by atoms with Crippen molar-refractivity contribution in [2.45, 2.75) is 25.8 Å². The average molecular weight is 468 g/mol. The van der Waals surface area contributed by atoms with Crippen molar-refractivity contribution in [3.63, 3.8) is 0 Å². The Labute approximate surface area is 184 Å². The van der Waals surface area contributed by atoms with Gasteiger partial charge in [-0.2, -0.15) is 22.3 Å². The van der Waals surface area contributed by atoms with Crippen LogP contribution >= 0.6 is 23.2 Å². The quantitative estimate of drug-likeness (QED) is 0.587. The lowest BCUT2D eigenvalue weighted by Gasteiger charge is -2.32. The highest BCUT2D eigenvalue weighted by molar-refractivity contribution is 7.90. The van der Waals surface area contributed by atoms with E-state index in [1.54, 1.807) is 24.3 Å². The molecule has 0 aliphatic carbocycles. The molecule has 1 aliphatic rings. The smallest absolute Gasteiger partial charge is 0.357 e. The number of rotatable bonds is 4. The zero-order valence-electron chi connectivity index (χ0n) is 16.0. The summed E-state index contributed by atoms with van der Waals surface area (Å²) < 4.78 is 30.0. The normalized spacial score (nSPS) is 16.3. The first kappa shape index (κ1) is 22.3. The number of aromatic amines is 1. The summed E-state index contributed by atoms with van der Waals surface area (Å²) in [6.07, 6.45) is 1.08. The Balaban J connectivity index is 0.000000806. The van der Waals surface area contributed by atoms with Gasteiger partial charge in [0.05, 0.1) is 12.2 Å². The number of fused-ring (bicyclic) bond motifs is 3. The molecule has 1 aromatic heterocycles. The van der Waals surface area contributed by atoms with Crippen molar-refractivity contribution in [1.82, 2.24) is 9.29 Å². The molecule has 3 aromatic rings. The van der Waals surface area contributed by atoms with E-state index in [0.29, 0.717) is 22.3 Å². The van der Waals surface area contributed by atoms with E-state index in [1.165, 1.54) is 9.87 Å². The molecule has 0 bridgehead atoms. The molecule has 7 nitrogen and oxygen atoms in total. The highest BCUT2D eigenvalue weighted by atomic mass is 35.5. The topological polar surface area (TPSA) is 99.3 Å². The van der Waals surface area contributed by atoms with Crippen molar-refractivity contribution < 1.29 is 18.0 Å². The number of carbonyl (C=O) groups excluding carboxylic acids is 2. The van der Waals surface area contributed by atoms with Crippen molar-refractivity contribution in [3.8, 4) is 0 Å². The fraction of sp³-hybridized carbons (Fsp3) is 0.250. The summed E-state index contributed by atoms with van der Waals surface area (Å²) in [6.45, 7) is 2.77. The van der Waals surface area contributed by atoms with Gasteiger partial charge in [0.15, 0.2) is 0 Å². The zero-order chi connectivity index (χ0) is 21.9. The predicted molar refractivity (Wildman–Crippen MR) is 116 cm³/mol. The van der Waals surface area contributed by atoms with Gasteiger partial charge >= 0.3 is 16.4 Å². The molecule has 2 aromatic carbocycles. The maximum absolute atomic E-state index is 12.9. The van der Waals surface area contributed by atoms with Crippen LogP contribution in [0.4, 0.5) is 5.69 Å². The lowest BCUT2D eigenvalue weighted by atomic mass is 9.91. The van der Waals surface area contributed by atoms with Crippen LogP contribution in [0.3, 0.4) is 0 Å². The van der Waals surface area contributed by atoms with E-state index in [0.717, 1.165) is 23.0 Å². The van der Waals surface area contributed by atoms with Crippen LogP contribution in [0.25, 0.3) is 10.9 Å². The van der Waals surface area contributed by atoms with Gasteiger partial charge in [-0.3, -0.25) is 4.72 Å². The fourth-order valence-electron chi connectivity index (χ4n) is 3.69. The summed E-state index contributed by atoms with van der Waals surface area (Å²) in [6, 6.07) is 12.4. The number of hydrogen-bond acceptors (Lipinski definition) is 4. The van der Waals surface area contributed by atoms with Crippen LogP contribution in [0.2, 0.25) is 10.0 Å². The number of H-pyrrole nitrogens is 1. The molecule has 30 heavy (non-hydrogen) atoms. The van der Waals surface area contributed by atoms with Gasteiger partial charge in [0.2, 0.25) is 0 Å². The Kier molecular flexibility index (Phi) is 6.85. The number of nitrogens with zero attached hydrogens (tertiary/aromatic N) is 1. The van der Waals surface area contributed by atoms with Crippen molar-refractivity contribution in [2.24, 2.45) is 0 Å². The van der Waals surface area contributed by atoms with Gasteiger partial charge in [0.1, 0.15) is 0 Å². The Morgan fingerprint density at radius 2 is 1.87 bits per heavy atom. The molecule has 0 saturated carbocycles. The second-order valence-electron chi connectivity index (χ2n) is 6.81. The van der Waals surface area contributed by atoms with E-state index in [9.17, 15) is 8.42 Å². The standard InChI is InChI=1S/C19H19Cl2N3O2S.CO2/c1-2-12-10-24(27(25,26)23-15-5-3-4-13(20)8-15)11-18-19(12)16-9-14(21)6-7-17(16)22-18;2-1-3/h3-9,12,22-23H,2,10-11H2,1H3;. The van der Waals surface area contributed by atoms with Gasteiger partial charge in [0, 0.05) is 33.2 Å². The van der Waals surface area contributed by atoms with Gasteiger partial charge in [-0.1, -0.05) is 36.2 Å². The predicted octanol–water partition coefficient (Wildman–Crippen LogP) is 4.56. The van der Waals surface area contributed by atoms with Crippen LogP contribution in [0, 0.1) is 0 Å². The van der Waals surface area contributed by atoms with E-state index < -0.39 is 10.2 Å². The number of benzene rings is 2. The van der Waals surface area contributed by atoms with Crippen LogP contribution in [0.5, 0.6) is 0 Å². The summed E-state index contributed by atoms with van der Waals surface area (Å²) in [5, 5.41) is 2.23. The molecule has 0 amide bonds. The highest BCUT2D eigenvalue weighted by Crippen LogP contribution is 2.38. The van der Waals surface area contributed by atoms with E-state index >= 15 is 0 Å². The Bertz CT molecular complexity index is 1200. The minimum atomic E-state index is -3.71. The second kappa shape index (κ2) is 9.20. The molecule has 0 fully saturated rings. The lowest BCUT2D eigenvalue weighted by molar-refractivity contribution is -0.191. The van der Waals surface area contributed by atoms with Crippen molar-refractivity contribution in [1.29, 1.82) is 0 Å². The maximum atomic E-state index is 12.9. The summed E-state index contributed by atoms with van der Waals surface area (Å²) in [7, 11) is -3.71. The van der Waals surface area contributed by atoms with Crippen LogP contribution in [0.15, 0.2) is 42.5 Å².